The molecule has 0 saturated carbocycles. The van der Waals surface area contributed by atoms with Crippen LogP contribution in [0.4, 0.5) is 9.52 Å². The molecule has 1 aromatic heterocycles. The summed E-state index contributed by atoms with van der Waals surface area (Å²) >= 11 is 1.26. The summed E-state index contributed by atoms with van der Waals surface area (Å²) in [4.78, 5) is 18.2. The topological polar surface area (TPSA) is 76.6 Å². The maximum atomic E-state index is 13.9. The third-order valence-electron chi connectivity index (χ3n) is 4.62. The minimum absolute atomic E-state index is 0.0184. The van der Waals surface area contributed by atoms with Gasteiger partial charge >= 0.3 is 0 Å². The number of carbonyl (C=O) groups is 1. The standard InChI is InChI=1S/C16H15FN2O4S2/c1-23-14-3-2-9(4-11(14)17)12-6-24-16(18-12)19-13-8-25(21,22)7-10(13)5-15(19)20/h2-4,6,10,13H,5,7-8H2,1H3. The Morgan fingerprint density at radius 3 is 2.88 bits per heavy atom. The number of methoxy groups -OCH3 is 1. The van der Waals surface area contributed by atoms with Gasteiger partial charge in [0.1, 0.15) is 0 Å². The van der Waals surface area contributed by atoms with E-state index in [4.69, 9.17) is 4.74 Å². The Morgan fingerprint density at radius 1 is 1.36 bits per heavy atom. The molecule has 0 bridgehead atoms. The predicted molar refractivity (Wildman–Crippen MR) is 92.1 cm³/mol. The van der Waals surface area contributed by atoms with Gasteiger partial charge in [0.25, 0.3) is 0 Å². The van der Waals surface area contributed by atoms with Gasteiger partial charge in [-0.1, -0.05) is 0 Å². The van der Waals surface area contributed by atoms with Gasteiger partial charge in [-0.2, -0.15) is 0 Å². The maximum absolute atomic E-state index is 13.9. The van der Waals surface area contributed by atoms with Crippen molar-refractivity contribution in [1.29, 1.82) is 0 Å². The fraction of sp³-hybridized carbons (Fsp3) is 0.375. The van der Waals surface area contributed by atoms with E-state index in [-0.39, 0.29) is 41.5 Å². The SMILES string of the molecule is COc1ccc(-c2csc(N3C(=O)CC4CS(=O)(=O)CC43)n2)cc1F. The number of rotatable bonds is 3. The number of hydrogen-bond donors (Lipinski definition) is 0. The average Bonchev–Trinajstić information content (AvgIpc) is 3.19. The number of fused-ring (bicyclic) bond motifs is 1. The molecule has 4 rings (SSSR count). The first-order valence-corrected chi connectivity index (χ1v) is 10.4. The molecule has 25 heavy (non-hydrogen) atoms. The van der Waals surface area contributed by atoms with Crippen LogP contribution in [0.1, 0.15) is 6.42 Å². The molecule has 132 valence electrons. The van der Waals surface area contributed by atoms with Crippen LogP contribution in [0.3, 0.4) is 0 Å². The first-order chi connectivity index (χ1) is 11.9. The van der Waals surface area contributed by atoms with Crippen LogP contribution in [-0.4, -0.2) is 44.0 Å². The first-order valence-electron chi connectivity index (χ1n) is 7.70. The highest BCUT2D eigenvalue weighted by molar-refractivity contribution is 7.91. The summed E-state index contributed by atoms with van der Waals surface area (Å²) in [6.07, 6.45) is 0.232. The van der Waals surface area contributed by atoms with E-state index in [0.717, 1.165) is 0 Å². The molecule has 0 N–H and O–H groups in total. The van der Waals surface area contributed by atoms with E-state index in [1.807, 2.05) is 0 Å². The normalized spacial score (nSPS) is 24.6. The Balaban J connectivity index is 1.65. The third-order valence-corrected chi connectivity index (χ3v) is 7.25. The second kappa shape index (κ2) is 5.77. The van der Waals surface area contributed by atoms with E-state index in [1.165, 1.54) is 35.5 Å². The number of anilines is 1. The molecular weight excluding hydrogens is 367 g/mol. The number of halogens is 1. The first kappa shape index (κ1) is 16.5. The summed E-state index contributed by atoms with van der Waals surface area (Å²) in [5, 5.41) is 2.20. The lowest BCUT2D eigenvalue weighted by Gasteiger charge is -2.19. The van der Waals surface area contributed by atoms with Crippen LogP contribution in [-0.2, 0) is 14.6 Å². The minimum Gasteiger partial charge on any atom is -0.494 e. The zero-order chi connectivity index (χ0) is 17.8. The van der Waals surface area contributed by atoms with Gasteiger partial charge in [-0.3, -0.25) is 9.69 Å². The highest BCUT2D eigenvalue weighted by Crippen LogP contribution is 2.39. The maximum Gasteiger partial charge on any atom is 0.229 e. The zero-order valence-electron chi connectivity index (χ0n) is 13.3. The van der Waals surface area contributed by atoms with Crippen molar-refractivity contribution < 1.29 is 22.3 Å². The second-order valence-electron chi connectivity index (χ2n) is 6.24. The number of thiazole rings is 1. The molecule has 2 saturated heterocycles. The van der Waals surface area contributed by atoms with Gasteiger partial charge in [0.15, 0.2) is 26.5 Å². The molecule has 0 spiro atoms. The molecule has 6 nitrogen and oxygen atoms in total. The van der Waals surface area contributed by atoms with Gasteiger partial charge in [0, 0.05) is 23.3 Å². The van der Waals surface area contributed by atoms with E-state index in [1.54, 1.807) is 11.4 Å². The highest BCUT2D eigenvalue weighted by Gasteiger charge is 2.50. The zero-order valence-corrected chi connectivity index (χ0v) is 14.9. The number of aromatic nitrogens is 1. The largest absolute Gasteiger partial charge is 0.494 e. The van der Waals surface area contributed by atoms with Crippen LogP contribution >= 0.6 is 11.3 Å². The fourth-order valence-electron chi connectivity index (χ4n) is 3.47. The van der Waals surface area contributed by atoms with Crippen LogP contribution in [0.2, 0.25) is 0 Å². The quantitative estimate of drug-likeness (QED) is 0.813. The number of sulfone groups is 1. The van der Waals surface area contributed by atoms with E-state index >= 15 is 0 Å². The smallest absolute Gasteiger partial charge is 0.229 e. The van der Waals surface area contributed by atoms with Gasteiger partial charge in [-0.15, -0.1) is 11.3 Å². The summed E-state index contributed by atoms with van der Waals surface area (Å²) in [5.74, 6) is -0.575. The van der Waals surface area contributed by atoms with Crippen LogP contribution < -0.4 is 9.64 Å². The van der Waals surface area contributed by atoms with E-state index in [9.17, 15) is 17.6 Å². The van der Waals surface area contributed by atoms with Crippen molar-refractivity contribution in [2.45, 2.75) is 12.5 Å². The lowest BCUT2D eigenvalue weighted by atomic mass is 10.1. The van der Waals surface area contributed by atoms with E-state index < -0.39 is 15.7 Å². The number of nitrogens with zero attached hydrogens (tertiary/aromatic N) is 2. The highest BCUT2D eigenvalue weighted by atomic mass is 32.2. The van der Waals surface area contributed by atoms with E-state index in [0.29, 0.717) is 16.4 Å². The van der Waals surface area contributed by atoms with Crippen molar-refractivity contribution in [2.24, 2.45) is 5.92 Å². The van der Waals surface area contributed by atoms with Gasteiger partial charge in [-0.05, 0) is 18.2 Å². The molecule has 9 heteroatoms. The number of benzene rings is 1. The molecule has 2 unspecified atom stereocenters. The summed E-state index contributed by atoms with van der Waals surface area (Å²) in [6, 6.07) is 4.19. The predicted octanol–water partition coefficient (Wildman–Crippen LogP) is 2.11. The lowest BCUT2D eigenvalue weighted by molar-refractivity contribution is -0.117. The lowest BCUT2D eigenvalue weighted by Crippen LogP contribution is -2.36. The van der Waals surface area contributed by atoms with Crippen molar-refractivity contribution in [3.63, 3.8) is 0 Å². The van der Waals surface area contributed by atoms with Gasteiger partial charge in [0.05, 0.1) is 30.4 Å². The van der Waals surface area contributed by atoms with E-state index in [2.05, 4.69) is 4.98 Å². The fourth-order valence-corrected chi connectivity index (χ4v) is 6.45. The molecule has 1 aromatic carbocycles. The Kier molecular flexibility index (Phi) is 3.80. The molecule has 0 radical (unpaired) electrons. The van der Waals surface area contributed by atoms with Crippen molar-refractivity contribution in [3.05, 3.63) is 29.4 Å². The monoisotopic (exact) mass is 382 g/mol. The molecule has 2 aliphatic rings. The van der Waals surface area contributed by atoms with Gasteiger partial charge in [0.2, 0.25) is 5.91 Å². The molecule has 0 aliphatic carbocycles. The molecule has 1 amide bonds. The van der Waals surface area contributed by atoms with Crippen molar-refractivity contribution in [2.75, 3.05) is 23.5 Å². The average molecular weight is 382 g/mol. The van der Waals surface area contributed by atoms with Crippen LogP contribution in [0.25, 0.3) is 11.3 Å². The number of ether oxygens (including phenoxy) is 1. The molecule has 2 atom stereocenters. The summed E-state index contributed by atoms with van der Waals surface area (Å²) in [7, 11) is -1.72. The summed E-state index contributed by atoms with van der Waals surface area (Å²) in [6.45, 7) is 0. The van der Waals surface area contributed by atoms with Crippen molar-refractivity contribution >= 4 is 32.2 Å². The number of amides is 1. The van der Waals surface area contributed by atoms with Gasteiger partial charge < -0.3 is 4.74 Å². The molecule has 3 heterocycles. The molecule has 2 aliphatic heterocycles. The van der Waals surface area contributed by atoms with Crippen molar-refractivity contribution in [3.8, 4) is 17.0 Å². The van der Waals surface area contributed by atoms with Gasteiger partial charge in [-0.25, -0.2) is 17.8 Å². The Morgan fingerprint density at radius 2 is 2.16 bits per heavy atom. The van der Waals surface area contributed by atoms with Crippen molar-refractivity contribution in [1.82, 2.24) is 4.98 Å². The third kappa shape index (κ3) is 2.81. The Labute approximate surface area is 148 Å². The Bertz CT molecular complexity index is 957. The minimum atomic E-state index is -3.11. The summed E-state index contributed by atoms with van der Waals surface area (Å²) < 4.78 is 42.5. The molecular formula is C16H15FN2O4S2. The van der Waals surface area contributed by atoms with Crippen LogP contribution in [0.5, 0.6) is 5.75 Å². The summed E-state index contributed by atoms with van der Waals surface area (Å²) in [5.41, 5.74) is 1.11. The molecule has 2 fully saturated rings. The number of hydrogen-bond acceptors (Lipinski definition) is 6. The van der Waals surface area contributed by atoms with Crippen LogP contribution in [0, 0.1) is 11.7 Å². The second-order valence-corrected chi connectivity index (χ2v) is 9.23. The molecule has 2 aromatic rings. The Hall–Kier alpha value is -2.00. The van der Waals surface area contributed by atoms with Crippen LogP contribution in [0.15, 0.2) is 23.6 Å². The number of carbonyl (C=O) groups excluding carboxylic acids is 1.